The first-order chi connectivity index (χ1) is 14.8. The summed E-state index contributed by atoms with van der Waals surface area (Å²) >= 11 is 0. The van der Waals surface area contributed by atoms with Gasteiger partial charge in [0.15, 0.2) is 17.3 Å². The Kier molecular flexibility index (Phi) is 5.40. The monoisotopic (exact) mass is 432 g/mol. The van der Waals surface area contributed by atoms with Gasteiger partial charge in [-0.15, -0.1) is 0 Å². The Morgan fingerprint density at radius 2 is 2.03 bits per heavy atom. The van der Waals surface area contributed by atoms with Gasteiger partial charge in [0.25, 0.3) is 0 Å². The maximum Gasteiger partial charge on any atom is 0.343 e. The van der Waals surface area contributed by atoms with Crippen molar-refractivity contribution in [2.45, 2.75) is 19.4 Å². The number of halogens is 3. The predicted molar refractivity (Wildman–Crippen MR) is 108 cm³/mol. The summed E-state index contributed by atoms with van der Waals surface area (Å²) in [5, 5.41) is -0.237. The summed E-state index contributed by atoms with van der Waals surface area (Å²) in [5.41, 5.74) is 4.43. The molecule has 4 rings (SSSR count). The molecule has 10 heteroatoms. The molecule has 1 aliphatic rings. The van der Waals surface area contributed by atoms with Crippen LogP contribution in [0.15, 0.2) is 35.3 Å². The van der Waals surface area contributed by atoms with Gasteiger partial charge in [-0.25, -0.2) is 22.9 Å². The molecule has 2 aromatic heterocycles. The smallest absolute Gasteiger partial charge is 0.343 e. The number of aromatic nitrogens is 2. The van der Waals surface area contributed by atoms with Crippen LogP contribution in [0.25, 0.3) is 16.7 Å². The van der Waals surface area contributed by atoms with Crippen molar-refractivity contribution in [3.63, 3.8) is 0 Å². The Morgan fingerprint density at radius 3 is 2.68 bits per heavy atom. The lowest BCUT2D eigenvalue weighted by molar-refractivity contribution is 0.0524. The van der Waals surface area contributed by atoms with E-state index in [4.69, 9.17) is 10.5 Å². The van der Waals surface area contributed by atoms with Gasteiger partial charge in [-0.1, -0.05) is 0 Å². The molecule has 3 aromatic rings. The number of anilines is 1. The summed E-state index contributed by atoms with van der Waals surface area (Å²) in [6.07, 6.45) is 1.71. The van der Waals surface area contributed by atoms with Crippen LogP contribution < -0.4 is 16.1 Å². The largest absolute Gasteiger partial charge is 0.462 e. The van der Waals surface area contributed by atoms with E-state index < -0.39 is 34.4 Å². The Labute approximate surface area is 174 Å². The topological polar surface area (TPSA) is 90.5 Å². The fourth-order valence-electron chi connectivity index (χ4n) is 3.63. The molecule has 0 saturated carbocycles. The van der Waals surface area contributed by atoms with E-state index in [0.717, 1.165) is 29.0 Å². The highest BCUT2D eigenvalue weighted by molar-refractivity contribution is 5.94. The van der Waals surface area contributed by atoms with Crippen molar-refractivity contribution in [3.8, 4) is 5.69 Å². The van der Waals surface area contributed by atoms with Crippen molar-refractivity contribution >= 4 is 22.8 Å². The second kappa shape index (κ2) is 8.03. The average Bonchev–Trinajstić information content (AvgIpc) is 3.15. The minimum absolute atomic E-state index is 0.00197. The van der Waals surface area contributed by atoms with Crippen molar-refractivity contribution in [1.82, 2.24) is 9.55 Å². The quantitative estimate of drug-likeness (QED) is 0.638. The van der Waals surface area contributed by atoms with Gasteiger partial charge in [0.1, 0.15) is 17.2 Å². The van der Waals surface area contributed by atoms with Crippen molar-refractivity contribution in [2.24, 2.45) is 5.73 Å². The Hall–Kier alpha value is -3.40. The summed E-state index contributed by atoms with van der Waals surface area (Å²) in [5.74, 6) is -3.51. The third kappa shape index (κ3) is 3.74. The van der Waals surface area contributed by atoms with Crippen molar-refractivity contribution in [3.05, 3.63) is 63.7 Å². The molecule has 0 spiro atoms. The molecule has 1 atom stereocenters. The van der Waals surface area contributed by atoms with E-state index in [1.807, 2.05) is 0 Å². The molecule has 1 unspecified atom stereocenters. The van der Waals surface area contributed by atoms with Crippen LogP contribution in [0.1, 0.15) is 23.7 Å². The van der Waals surface area contributed by atoms with E-state index in [9.17, 15) is 22.8 Å². The lowest BCUT2D eigenvalue weighted by atomic mass is 10.1. The fourth-order valence-corrected chi connectivity index (χ4v) is 3.63. The number of rotatable bonds is 4. The van der Waals surface area contributed by atoms with Crippen LogP contribution in [0.3, 0.4) is 0 Å². The van der Waals surface area contributed by atoms with Crippen molar-refractivity contribution < 1.29 is 22.7 Å². The van der Waals surface area contributed by atoms with Gasteiger partial charge in [-0.05, 0) is 31.5 Å². The Morgan fingerprint density at radius 1 is 1.26 bits per heavy atom. The summed E-state index contributed by atoms with van der Waals surface area (Å²) in [6, 6.07) is 3.63. The van der Waals surface area contributed by atoms with Gasteiger partial charge < -0.3 is 15.4 Å². The maximum atomic E-state index is 14.9. The fraction of sp³-hybridized carbons (Fsp3) is 0.286. The molecule has 1 aromatic carbocycles. The van der Waals surface area contributed by atoms with E-state index in [0.29, 0.717) is 25.6 Å². The number of carbonyl (C=O) groups excluding carboxylic acids is 1. The van der Waals surface area contributed by atoms with Crippen LogP contribution in [0.5, 0.6) is 0 Å². The summed E-state index contributed by atoms with van der Waals surface area (Å²) in [4.78, 5) is 31.1. The number of hydrogen-bond acceptors (Lipinski definition) is 6. The minimum atomic E-state index is -0.948. The number of esters is 1. The van der Waals surface area contributed by atoms with E-state index >= 15 is 0 Å². The van der Waals surface area contributed by atoms with Crippen LogP contribution in [-0.2, 0) is 4.74 Å². The molecule has 0 amide bonds. The van der Waals surface area contributed by atoms with Gasteiger partial charge in [-0.3, -0.25) is 9.36 Å². The molecular formula is C21H19F3N4O3. The Balaban J connectivity index is 2.02. The summed E-state index contributed by atoms with van der Waals surface area (Å²) in [7, 11) is 0. The SMILES string of the molecule is CCOC(=O)c1cn(-c2ccc(F)cc2F)c2nc(N3CCC(N)C3)c(F)cc2c1=O. The van der Waals surface area contributed by atoms with Crippen LogP contribution >= 0.6 is 0 Å². The summed E-state index contributed by atoms with van der Waals surface area (Å²) < 4.78 is 49.0. The first-order valence-electron chi connectivity index (χ1n) is 9.69. The van der Waals surface area contributed by atoms with E-state index in [1.165, 1.54) is 0 Å². The number of nitrogens with zero attached hydrogens (tertiary/aromatic N) is 3. The van der Waals surface area contributed by atoms with Crippen LogP contribution in [0.2, 0.25) is 0 Å². The molecule has 7 nitrogen and oxygen atoms in total. The normalized spacial score (nSPS) is 16.2. The van der Waals surface area contributed by atoms with Crippen molar-refractivity contribution in [2.75, 3.05) is 24.6 Å². The summed E-state index contributed by atoms with van der Waals surface area (Å²) in [6.45, 7) is 2.39. The molecule has 0 aliphatic carbocycles. The number of hydrogen-bond donors (Lipinski definition) is 1. The van der Waals surface area contributed by atoms with Crippen molar-refractivity contribution in [1.29, 1.82) is 0 Å². The van der Waals surface area contributed by atoms with Crippen LogP contribution in [-0.4, -0.2) is 41.3 Å². The van der Waals surface area contributed by atoms with Gasteiger partial charge in [-0.2, -0.15) is 0 Å². The molecule has 0 radical (unpaired) electrons. The molecule has 162 valence electrons. The molecule has 2 N–H and O–H groups in total. The molecule has 3 heterocycles. The molecule has 31 heavy (non-hydrogen) atoms. The predicted octanol–water partition coefficient (Wildman–Crippen LogP) is 2.52. The average molecular weight is 432 g/mol. The third-order valence-electron chi connectivity index (χ3n) is 5.10. The second-order valence-corrected chi connectivity index (χ2v) is 7.22. The number of fused-ring (bicyclic) bond motifs is 1. The zero-order valence-corrected chi connectivity index (χ0v) is 16.6. The lowest BCUT2D eigenvalue weighted by Crippen LogP contribution is -2.28. The van der Waals surface area contributed by atoms with Crippen LogP contribution in [0.4, 0.5) is 19.0 Å². The highest BCUT2D eigenvalue weighted by Crippen LogP contribution is 2.27. The minimum Gasteiger partial charge on any atom is -0.462 e. The highest BCUT2D eigenvalue weighted by Gasteiger charge is 2.26. The van der Waals surface area contributed by atoms with Gasteiger partial charge >= 0.3 is 5.97 Å². The van der Waals surface area contributed by atoms with Gasteiger partial charge in [0.05, 0.1) is 17.7 Å². The van der Waals surface area contributed by atoms with E-state index in [1.54, 1.807) is 11.8 Å². The highest BCUT2D eigenvalue weighted by atomic mass is 19.1. The number of nitrogens with two attached hydrogens (primary N) is 1. The van der Waals surface area contributed by atoms with Gasteiger partial charge in [0, 0.05) is 31.4 Å². The second-order valence-electron chi connectivity index (χ2n) is 7.22. The van der Waals surface area contributed by atoms with Crippen LogP contribution in [0, 0.1) is 17.5 Å². The third-order valence-corrected chi connectivity index (χ3v) is 5.10. The molecule has 0 bridgehead atoms. The number of benzene rings is 1. The lowest BCUT2D eigenvalue weighted by Gasteiger charge is -2.20. The zero-order chi connectivity index (χ0) is 22.3. The molecule has 1 fully saturated rings. The van der Waals surface area contributed by atoms with E-state index in [2.05, 4.69) is 4.98 Å². The maximum absolute atomic E-state index is 14.9. The molecule has 1 aliphatic heterocycles. The molecule has 1 saturated heterocycles. The number of pyridine rings is 2. The molecular weight excluding hydrogens is 413 g/mol. The van der Waals surface area contributed by atoms with E-state index in [-0.39, 0.29) is 35.2 Å². The zero-order valence-electron chi connectivity index (χ0n) is 16.6. The first kappa shape index (κ1) is 20.9. The van der Waals surface area contributed by atoms with Gasteiger partial charge in [0.2, 0.25) is 5.43 Å². The standard InChI is InChI=1S/C21H19F3N4O3/c1-2-31-21(30)14-10-28(17-4-3-11(22)7-15(17)23)19-13(18(14)29)8-16(24)20(26-19)27-6-5-12(25)9-27/h3-4,7-8,10,12H,2,5-6,9,25H2,1H3. The Bertz CT molecular complexity index is 1240. The first-order valence-corrected chi connectivity index (χ1v) is 9.69. The number of carbonyl (C=O) groups is 1. The number of ether oxygens (including phenoxy) is 1.